The second-order valence-corrected chi connectivity index (χ2v) is 8.91. The van der Waals surface area contributed by atoms with Crippen molar-refractivity contribution in [2.75, 3.05) is 4.90 Å². The molecule has 0 fully saturated rings. The average Bonchev–Trinajstić information content (AvgIpc) is 3.25. The Morgan fingerprint density at radius 1 is 1.18 bits per heavy atom. The summed E-state index contributed by atoms with van der Waals surface area (Å²) >= 11 is 4.96. The number of hydrogen-bond donors (Lipinski definition) is 1. The van der Waals surface area contributed by atoms with Crippen molar-refractivity contribution >= 4 is 44.6 Å². The predicted octanol–water partition coefficient (Wildman–Crippen LogP) is 4.83. The number of rotatable bonds is 5. The molecule has 1 aliphatic rings. The molecule has 0 radical (unpaired) electrons. The number of halogens is 1. The highest BCUT2D eigenvalue weighted by Crippen LogP contribution is 2.45. The van der Waals surface area contributed by atoms with Gasteiger partial charge in [0.15, 0.2) is 11.4 Å². The minimum Gasteiger partial charge on any atom is -0.375 e. The molecule has 1 atom stereocenters. The summed E-state index contributed by atoms with van der Waals surface area (Å²) in [5.74, 6) is -0.728. The minimum absolute atomic E-state index is 0.264. The first kappa shape index (κ1) is 19.1. The van der Waals surface area contributed by atoms with Crippen molar-refractivity contribution in [1.29, 1.82) is 0 Å². The third kappa shape index (κ3) is 3.32. The van der Waals surface area contributed by atoms with Gasteiger partial charge in [0.25, 0.3) is 5.91 Å². The number of carbonyl (C=O) groups excluding carboxylic acids is 2. The fraction of sp³-hybridized carbons (Fsp3) is 0.182. The van der Waals surface area contributed by atoms with E-state index in [0.29, 0.717) is 23.4 Å². The number of thiophene rings is 1. The van der Waals surface area contributed by atoms with Gasteiger partial charge < -0.3 is 10.0 Å². The second-order valence-electron chi connectivity index (χ2n) is 6.96. The van der Waals surface area contributed by atoms with E-state index in [1.807, 2.05) is 42.6 Å². The second kappa shape index (κ2) is 7.28. The number of aliphatic hydroxyl groups is 1. The fourth-order valence-electron chi connectivity index (χ4n) is 3.48. The van der Waals surface area contributed by atoms with Crippen LogP contribution >= 0.6 is 27.3 Å². The zero-order chi connectivity index (χ0) is 19.9. The third-order valence-corrected chi connectivity index (χ3v) is 6.33. The number of nitrogens with zero attached hydrogens (tertiary/aromatic N) is 1. The molecule has 0 saturated carbocycles. The van der Waals surface area contributed by atoms with Crippen LogP contribution in [0.2, 0.25) is 0 Å². The Bertz CT molecular complexity index is 1050. The summed E-state index contributed by atoms with van der Waals surface area (Å²) in [6.45, 7) is 2.31. The van der Waals surface area contributed by atoms with Crippen molar-refractivity contribution in [3.8, 4) is 0 Å². The maximum Gasteiger partial charge on any atom is 0.264 e. The topological polar surface area (TPSA) is 57.6 Å². The molecule has 3 aromatic rings. The standard InChI is InChI=1S/C22H18BrNO3S/c1-14-4-6-15(7-5-14)20(25)12-22(27)18-11-16(23)8-9-19(18)24(21(22)26)13-17-3-2-10-28-17/h2-11,27H,12-13H2,1H3. The molecule has 1 unspecified atom stereocenters. The fourth-order valence-corrected chi connectivity index (χ4v) is 4.54. The smallest absolute Gasteiger partial charge is 0.264 e. The van der Waals surface area contributed by atoms with Crippen LogP contribution in [0.25, 0.3) is 0 Å². The number of amides is 1. The quantitative estimate of drug-likeness (QED) is 0.560. The number of hydrogen-bond acceptors (Lipinski definition) is 4. The molecular formula is C22H18BrNO3S. The van der Waals surface area contributed by atoms with Crippen LogP contribution in [-0.4, -0.2) is 16.8 Å². The number of benzene rings is 2. The Balaban J connectivity index is 1.71. The van der Waals surface area contributed by atoms with E-state index in [4.69, 9.17) is 0 Å². The highest BCUT2D eigenvalue weighted by molar-refractivity contribution is 9.10. The van der Waals surface area contributed by atoms with E-state index in [9.17, 15) is 14.7 Å². The number of anilines is 1. The summed E-state index contributed by atoms with van der Waals surface area (Å²) < 4.78 is 0.748. The zero-order valence-corrected chi connectivity index (χ0v) is 17.6. The zero-order valence-electron chi connectivity index (χ0n) is 15.2. The van der Waals surface area contributed by atoms with Crippen molar-refractivity contribution in [1.82, 2.24) is 0 Å². The van der Waals surface area contributed by atoms with E-state index in [0.717, 1.165) is 14.9 Å². The summed E-state index contributed by atoms with van der Waals surface area (Å²) in [5.41, 5.74) is 0.756. The molecule has 2 heterocycles. The molecule has 1 amide bonds. The lowest BCUT2D eigenvalue weighted by Gasteiger charge is -2.22. The Morgan fingerprint density at radius 3 is 2.61 bits per heavy atom. The van der Waals surface area contributed by atoms with Gasteiger partial charge in [-0.1, -0.05) is 51.8 Å². The van der Waals surface area contributed by atoms with Crippen LogP contribution in [0.15, 0.2) is 64.5 Å². The Labute approximate surface area is 175 Å². The lowest BCUT2D eigenvalue weighted by Crippen LogP contribution is -2.41. The SMILES string of the molecule is Cc1ccc(C(=O)CC2(O)C(=O)N(Cc3cccs3)c3ccc(Br)cc32)cc1. The predicted molar refractivity (Wildman–Crippen MR) is 114 cm³/mol. The highest BCUT2D eigenvalue weighted by Gasteiger charge is 2.51. The van der Waals surface area contributed by atoms with Crippen LogP contribution in [0.3, 0.4) is 0 Å². The molecule has 0 spiro atoms. The molecule has 0 bridgehead atoms. The molecule has 142 valence electrons. The van der Waals surface area contributed by atoms with Gasteiger partial charge in [-0.25, -0.2) is 0 Å². The van der Waals surface area contributed by atoms with E-state index < -0.39 is 11.5 Å². The summed E-state index contributed by atoms with van der Waals surface area (Å²) in [7, 11) is 0. The Morgan fingerprint density at radius 2 is 1.93 bits per heavy atom. The first-order valence-electron chi connectivity index (χ1n) is 8.85. The van der Waals surface area contributed by atoms with Crippen LogP contribution in [0.4, 0.5) is 5.69 Å². The molecule has 0 saturated heterocycles. The average molecular weight is 456 g/mol. The van der Waals surface area contributed by atoms with E-state index in [1.54, 1.807) is 40.5 Å². The molecule has 6 heteroatoms. The maximum absolute atomic E-state index is 13.3. The van der Waals surface area contributed by atoms with Gasteiger partial charge in [-0.2, -0.15) is 0 Å². The van der Waals surface area contributed by atoms with Crippen LogP contribution < -0.4 is 4.90 Å². The summed E-state index contributed by atoms with van der Waals surface area (Å²) in [4.78, 5) is 28.7. The van der Waals surface area contributed by atoms with Gasteiger partial charge in [-0.3, -0.25) is 9.59 Å². The van der Waals surface area contributed by atoms with Gasteiger partial charge in [-0.15, -0.1) is 11.3 Å². The monoisotopic (exact) mass is 455 g/mol. The van der Waals surface area contributed by atoms with Crippen LogP contribution in [0.5, 0.6) is 0 Å². The largest absolute Gasteiger partial charge is 0.375 e. The highest BCUT2D eigenvalue weighted by atomic mass is 79.9. The summed E-state index contributed by atoms with van der Waals surface area (Å²) in [5, 5.41) is 13.3. The lowest BCUT2D eigenvalue weighted by atomic mass is 9.88. The van der Waals surface area contributed by atoms with Gasteiger partial charge in [0.1, 0.15) is 0 Å². The molecule has 4 rings (SSSR count). The molecule has 1 aromatic heterocycles. The number of Topliss-reactive ketones (excluding diaryl/α,β-unsaturated/α-hetero) is 1. The van der Waals surface area contributed by atoms with Gasteiger partial charge in [-0.05, 0) is 36.6 Å². The van der Waals surface area contributed by atoms with Crippen molar-refractivity contribution in [2.45, 2.75) is 25.5 Å². The number of fused-ring (bicyclic) bond motifs is 1. The first-order valence-corrected chi connectivity index (χ1v) is 10.5. The molecular weight excluding hydrogens is 438 g/mol. The molecule has 1 aliphatic heterocycles. The molecule has 2 aromatic carbocycles. The Kier molecular flexibility index (Phi) is 4.95. The van der Waals surface area contributed by atoms with Crippen LogP contribution in [0.1, 0.15) is 32.8 Å². The maximum atomic E-state index is 13.3. The number of ketones is 1. The van der Waals surface area contributed by atoms with Crippen molar-refractivity contribution in [2.24, 2.45) is 0 Å². The van der Waals surface area contributed by atoms with E-state index in [1.165, 1.54) is 0 Å². The van der Waals surface area contributed by atoms with Gasteiger partial charge in [0.2, 0.25) is 0 Å². The van der Waals surface area contributed by atoms with Crippen LogP contribution in [-0.2, 0) is 16.9 Å². The molecule has 28 heavy (non-hydrogen) atoms. The number of aryl methyl sites for hydroxylation is 1. The lowest BCUT2D eigenvalue weighted by molar-refractivity contribution is -0.136. The van der Waals surface area contributed by atoms with Gasteiger partial charge in [0, 0.05) is 20.5 Å². The normalized spacial score (nSPS) is 18.4. The van der Waals surface area contributed by atoms with E-state index >= 15 is 0 Å². The van der Waals surface area contributed by atoms with Crippen LogP contribution in [0, 0.1) is 6.92 Å². The number of carbonyl (C=O) groups is 2. The van der Waals surface area contributed by atoms with Gasteiger partial charge >= 0.3 is 0 Å². The van der Waals surface area contributed by atoms with E-state index in [2.05, 4.69) is 15.9 Å². The molecule has 1 N–H and O–H groups in total. The van der Waals surface area contributed by atoms with Crippen molar-refractivity contribution in [3.05, 3.63) is 86.0 Å². The first-order chi connectivity index (χ1) is 13.4. The third-order valence-electron chi connectivity index (χ3n) is 4.98. The van der Waals surface area contributed by atoms with Crippen molar-refractivity contribution in [3.63, 3.8) is 0 Å². The minimum atomic E-state index is -1.88. The van der Waals surface area contributed by atoms with E-state index in [-0.39, 0.29) is 12.2 Å². The molecule has 4 nitrogen and oxygen atoms in total. The summed E-state index contributed by atoms with van der Waals surface area (Å²) in [6, 6.07) is 16.4. The molecule has 0 aliphatic carbocycles. The Hall–Kier alpha value is -2.28. The van der Waals surface area contributed by atoms with Crippen molar-refractivity contribution < 1.29 is 14.7 Å². The summed E-state index contributed by atoms with van der Waals surface area (Å²) in [6.07, 6.45) is -0.292. The van der Waals surface area contributed by atoms with Gasteiger partial charge in [0.05, 0.1) is 18.7 Å².